The quantitative estimate of drug-likeness (QED) is 0.608. The highest BCUT2D eigenvalue weighted by molar-refractivity contribution is 5.82. The van der Waals surface area contributed by atoms with Gasteiger partial charge in [-0.05, 0) is 30.3 Å². The van der Waals surface area contributed by atoms with Crippen LogP contribution in [-0.4, -0.2) is 24.7 Å². The van der Waals surface area contributed by atoms with Crippen molar-refractivity contribution in [2.75, 3.05) is 0 Å². The molecule has 5 nitrogen and oxygen atoms in total. The number of halogens is 2. The minimum atomic E-state index is -2.61. The molecule has 1 aromatic carbocycles. The van der Waals surface area contributed by atoms with Crippen molar-refractivity contribution in [1.29, 1.82) is 0 Å². The number of fused-ring (bicyclic) bond motifs is 2. The van der Waals surface area contributed by atoms with E-state index in [0.717, 1.165) is 22.4 Å². The number of hydrogen-bond donors (Lipinski definition) is 1. The molecule has 0 aliphatic rings. The molecule has 7 heteroatoms. The van der Waals surface area contributed by atoms with Gasteiger partial charge in [0.05, 0.1) is 11.7 Å². The van der Waals surface area contributed by atoms with Crippen LogP contribution in [0.25, 0.3) is 27.8 Å². The predicted octanol–water partition coefficient (Wildman–Crippen LogP) is 4.36. The van der Waals surface area contributed by atoms with Gasteiger partial charge in [-0.1, -0.05) is 13.8 Å². The summed E-state index contributed by atoms with van der Waals surface area (Å²) in [5, 5.41) is 7.86. The van der Waals surface area contributed by atoms with Gasteiger partial charge in [-0.2, -0.15) is 5.10 Å². The van der Waals surface area contributed by atoms with Gasteiger partial charge in [0.2, 0.25) is 0 Å². The van der Waals surface area contributed by atoms with Crippen LogP contribution in [0.1, 0.15) is 37.7 Å². The zero-order valence-electron chi connectivity index (χ0n) is 13.2. The van der Waals surface area contributed by atoms with Gasteiger partial charge in [0.15, 0.2) is 5.65 Å². The van der Waals surface area contributed by atoms with Crippen molar-refractivity contribution >= 4 is 22.1 Å². The third-order valence-corrected chi connectivity index (χ3v) is 3.97. The maximum atomic E-state index is 13.1. The second-order valence-corrected chi connectivity index (χ2v) is 5.98. The average molecular weight is 327 g/mol. The molecule has 4 aromatic rings. The van der Waals surface area contributed by atoms with Gasteiger partial charge >= 0.3 is 0 Å². The number of H-pyrrole nitrogens is 1. The summed E-state index contributed by atoms with van der Waals surface area (Å²) in [6.07, 6.45) is -0.887. The van der Waals surface area contributed by atoms with Crippen molar-refractivity contribution in [1.82, 2.24) is 24.7 Å². The Kier molecular flexibility index (Phi) is 3.30. The number of aromatic amines is 1. The van der Waals surface area contributed by atoms with E-state index >= 15 is 0 Å². The summed E-state index contributed by atoms with van der Waals surface area (Å²) < 4.78 is 28.0. The smallest absolute Gasteiger partial charge is 0.280 e. The summed E-state index contributed by atoms with van der Waals surface area (Å²) in [6, 6.07) is 8.69. The molecule has 0 spiro atoms. The lowest BCUT2D eigenvalue weighted by atomic mass is 10.2. The molecule has 0 saturated carbocycles. The number of rotatable bonds is 3. The van der Waals surface area contributed by atoms with E-state index in [1.54, 1.807) is 12.3 Å². The Labute approximate surface area is 136 Å². The standard InChI is InChI=1S/C17H15F2N5/c1-9(2)16-22-14-6-5-13(15(18)19)21-17(14)24(16)11-3-4-12-10(7-11)8-20-23-12/h3-9,15H,1-2H3,(H,20,23). The van der Waals surface area contributed by atoms with Crippen LogP contribution in [0.3, 0.4) is 0 Å². The summed E-state index contributed by atoms with van der Waals surface area (Å²) >= 11 is 0. The summed E-state index contributed by atoms with van der Waals surface area (Å²) in [4.78, 5) is 8.74. The Bertz CT molecular complexity index is 1030. The SMILES string of the molecule is CC(C)c1nc2ccc(C(F)F)nc2n1-c1ccc2[nH]ncc2c1. The van der Waals surface area contributed by atoms with Gasteiger partial charge in [-0.25, -0.2) is 18.7 Å². The highest BCUT2D eigenvalue weighted by Crippen LogP contribution is 2.28. The van der Waals surface area contributed by atoms with Crippen molar-refractivity contribution in [2.24, 2.45) is 0 Å². The third kappa shape index (κ3) is 2.24. The van der Waals surface area contributed by atoms with Crippen LogP contribution in [-0.2, 0) is 0 Å². The van der Waals surface area contributed by atoms with Crippen LogP contribution in [0.2, 0.25) is 0 Å². The van der Waals surface area contributed by atoms with E-state index < -0.39 is 6.43 Å². The van der Waals surface area contributed by atoms with E-state index in [9.17, 15) is 8.78 Å². The monoisotopic (exact) mass is 327 g/mol. The van der Waals surface area contributed by atoms with Gasteiger partial charge in [0.25, 0.3) is 6.43 Å². The second-order valence-electron chi connectivity index (χ2n) is 5.98. The Morgan fingerprint density at radius 1 is 1.08 bits per heavy atom. The molecule has 0 atom stereocenters. The Hall–Kier alpha value is -2.83. The van der Waals surface area contributed by atoms with E-state index in [0.29, 0.717) is 11.2 Å². The zero-order chi connectivity index (χ0) is 16.8. The molecule has 0 radical (unpaired) electrons. The summed E-state index contributed by atoms with van der Waals surface area (Å²) in [6.45, 7) is 4.03. The predicted molar refractivity (Wildman–Crippen MR) is 87.6 cm³/mol. The lowest BCUT2D eigenvalue weighted by molar-refractivity contribution is 0.146. The van der Waals surface area contributed by atoms with Crippen LogP contribution in [0.4, 0.5) is 8.78 Å². The van der Waals surface area contributed by atoms with Gasteiger partial charge in [0.1, 0.15) is 17.0 Å². The molecule has 3 aromatic heterocycles. The second kappa shape index (κ2) is 5.36. The molecule has 24 heavy (non-hydrogen) atoms. The molecule has 0 aliphatic carbocycles. The topological polar surface area (TPSA) is 59.4 Å². The maximum Gasteiger partial charge on any atom is 0.280 e. The number of nitrogens with one attached hydrogen (secondary N) is 1. The van der Waals surface area contributed by atoms with Crippen molar-refractivity contribution < 1.29 is 8.78 Å². The number of benzene rings is 1. The summed E-state index contributed by atoms with van der Waals surface area (Å²) in [5.74, 6) is 0.904. The molecule has 0 bridgehead atoms. The molecule has 0 fully saturated rings. The maximum absolute atomic E-state index is 13.1. The molecule has 4 rings (SSSR count). The van der Waals surface area contributed by atoms with Gasteiger partial charge in [0, 0.05) is 17.0 Å². The lowest BCUT2D eigenvalue weighted by Gasteiger charge is -2.11. The Morgan fingerprint density at radius 3 is 2.67 bits per heavy atom. The first-order valence-corrected chi connectivity index (χ1v) is 7.65. The lowest BCUT2D eigenvalue weighted by Crippen LogP contribution is -2.04. The minimum absolute atomic E-state index is 0.120. The Morgan fingerprint density at radius 2 is 1.92 bits per heavy atom. The van der Waals surface area contributed by atoms with Gasteiger partial charge in [-0.3, -0.25) is 9.67 Å². The highest BCUT2D eigenvalue weighted by atomic mass is 19.3. The van der Waals surface area contributed by atoms with Crippen molar-refractivity contribution in [3.05, 3.63) is 48.0 Å². The number of nitrogens with zero attached hydrogens (tertiary/aromatic N) is 4. The van der Waals surface area contributed by atoms with E-state index in [-0.39, 0.29) is 11.6 Å². The van der Waals surface area contributed by atoms with Crippen LogP contribution in [0.5, 0.6) is 0 Å². The summed E-state index contributed by atoms with van der Waals surface area (Å²) in [5.41, 5.74) is 2.54. The van der Waals surface area contributed by atoms with Crippen LogP contribution in [0, 0.1) is 0 Å². The van der Waals surface area contributed by atoms with Gasteiger partial charge < -0.3 is 0 Å². The molecule has 0 unspecified atom stereocenters. The summed E-state index contributed by atoms with van der Waals surface area (Å²) in [7, 11) is 0. The fourth-order valence-corrected chi connectivity index (χ4v) is 2.82. The largest absolute Gasteiger partial charge is 0.280 e. The zero-order valence-corrected chi connectivity index (χ0v) is 13.2. The van der Waals surface area contributed by atoms with Crippen LogP contribution < -0.4 is 0 Å². The molecular formula is C17H15F2N5. The van der Waals surface area contributed by atoms with Crippen molar-refractivity contribution in [3.63, 3.8) is 0 Å². The number of pyridine rings is 1. The van der Waals surface area contributed by atoms with E-state index in [2.05, 4.69) is 20.2 Å². The number of imidazole rings is 1. The fraction of sp³-hybridized carbons (Fsp3) is 0.235. The minimum Gasteiger partial charge on any atom is -0.280 e. The average Bonchev–Trinajstić information content (AvgIpc) is 3.17. The highest BCUT2D eigenvalue weighted by Gasteiger charge is 2.19. The molecule has 3 heterocycles. The van der Waals surface area contributed by atoms with E-state index in [1.165, 1.54) is 6.07 Å². The molecule has 0 saturated heterocycles. The van der Waals surface area contributed by atoms with E-state index in [1.807, 2.05) is 36.6 Å². The van der Waals surface area contributed by atoms with Crippen LogP contribution in [0.15, 0.2) is 36.5 Å². The first-order valence-electron chi connectivity index (χ1n) is 7.65. The van der Waals surface area contributed by atoms with Crippen molar-refractivity contribution in [3.8, 4) is 5.69 Å². The molecule has 1 N–H and O–H groups in total. The molecule has 122 valence electrons. The van der Waals surface area contributed by atoms with Gasteiger partial charge in [-0.15, -0.1) is 0 Å². The first-order chi connectivity index (χ1) is 11.5. The molecule has 0 amide bonds. The van der Waals surface area contributed by atoms with E-state index in [4.69, 9.17) is 0 Å². The normalized spacial score (nSPS) is 12.1. The number of hydrogen-bond acceptors (Lipinski definition) is 3. The fourth-order valence-electron chi connectivity index (χ4n) is 2.82. The molecular weight excluding hydrogens is 312 g/mol. The first kappa shape index (κ1) is 14.7. The number of aromatic nitrogens is 5. The number of alkyl halides is 2. The third-order valence-electron chi connectivity index (χ3n) is 3.97. The van der Waals surface area contributed by atoms with Crippen molar-refractivity contribution in [2.45, 2.75) is 26.2 Å². The Balaban J connectivity index is 2.02. The molecule has 0 aliphatic heterocycles. The van der Waals surface area contributed by atoms with Crippen LogP contribution >= 0.6 is 0 Å².